The van der Waals surface area contributed by atoms with E-state index >= 15 is 0 Å². The Balaban J connectivity index is 1.70. The molecule has 3 rings (SSSR count). The minimum atomic E-state index is -0.282. The molecule has 1 aliphatic carbocycles. The quantitative estimate of drug-likeness (QED) is 0.831. The standard InChI is InChI=1S/C16H28N4/c1-13-10-19-8-4-6-15(19)11-20(13)14-5-3-7-16(9-14,12-17)18-2/h13-15,18H,3-11H2,1-2H3. The first-order chi connectivity index (χ1) is 9.67. The Morgan fingerprint density at radius 2 is 2.00 bits per heavy atom. The lowest BCUT2D eigenvalue weighted by atomic mass is 9.78. The zero-order valence-corrected chi connectivity index (χ0v) is 12.9. The molecule has 3 aliphatic rings. The zero-order chi connectivity index (χ0) is 14.2. The predicted molar refractivity (Wildman–Crippen MR) is 80.4 cm³/mol. The summed E-state index contributed by atoms with van der Waals surface area (Å²) < 4.78 is 0. The molecule has 112 valence electrons. The van der Waals surface area contributed by atoms with Crippen molar-refractivity contribution in [1.82, 2.24) is 15.1 Å². The summed E-state index contributed by atoms with van der Waals surface area (Å²) in [6.07, 6.45) is 7.18. The van der Waals surface area contributed by atoms with Crippen LogP contribution in [-0.2, 0) is 0 Å². The van der Waals surface area contributed by atoms with Gasteiger partial charge in [-0.2, -0.15) is 5.26 Å². The average Bonchev–Trinajstić information content (AvgIpc) is 2.93. The van der Waals surface area contributed by atoms with Gasteiger partial charge in [-0.15, -0.1) is 0 Å². The maximum absolute atomic E-state index is 9.53. The maximum Gasteiger partial charge on any atom is 0.108 e. The molecule has 0 aromatic rings. The molecule has 0 spiro atoms. The van der Waals surface area contributed by atoms with Crippen molar-refractivity contribution in [2.45, 2.75) is 69.1 Å². The molecule has 4 atom stereocenters. The van der Waals surface area contributed by atoms with E-state index < -0.39 is 0 Å². The second-order valence-corrected chi connectivity index (χ2v) is 7.03. The number of nitrogens with one attached hydrogen (secondary N) is 1. The van der Waals surface area contributed by atoms with E-state index in [4.69, 9.17) is 0 Å². The molecule has 1 saturated carbocycles. The van der Waals surface area contributed by atoms with Crippen LogP contribution in [-0.4, -0.2) is 60.1 Å². The molecule has 0 amide bonds. The highest BCUT2D eigenvalue weighted by Gasteiger charge is 2.42. The van der Waals surface area contributed by atoms with Gasteiger partial charge < -0.3 is 5.32 Å². The zero-order valence-electron chi connectivity index (χ0n) is 12.9. The molecule has 2 heterocycles. The van der Waals surface area contributed by atoms with Gasteiger partial charge in [0.1, 0.15) is 5.54 Å². The average molecular weight is 276 g/mol. The largest absolute Gasteiger partial charge is 0.302 e. The van der Waals surface area contributed by atoms with Crippen LogP contribution in [0.5, 0.6) is 0 Å². The topological polar surface area (TPSA) is 42.3 Å². The number of hydrogen-bond donors (Lipinski definition) is 1. The molecule has 0 bridgehead atoms. The van der Waals surface area contributed by atoms with E-state index in [1.807, 2.05) is 7.05 Å². The van der Waals surface area contributed by atoms with Gasteiger partial charge in [-0.25, -0.2) is 0 Å². The van der Waals surface area contributed by atoms with Crippen molar-refractivity contribution in [2.24, 2.45) is 0 Å². The first-order valence-corrected chi connectivity index (χ1v) is 8.27. The summed E-state index contributed by atoms with van der Waals surface area (Å²) in [7, 11) is 1.95. The van der Waals surface area contributed by atoms with Crippen LogP contribution in [0.2, 0.25) is 0 Å². The lowest BCUT2D eigenvalue weighted by Gasteiger charge is -2.49. The Morgan fingerprint density at radius 3 is 2.75 bits per heavy atom. The Morgan fingerprint density at radius 1 is 1.20 bits per heavy atom. The van der Waals surface area contributed by atoms with Crippen molar-refractivity contribution in [3.63, 3.8) is 0 Å². The summed E-state index contributed by atoms with van der Waals surface area (Å²) in [6.45, 7) is 6.11. The second kappa shape index (κ2) is 5.63. The van der Waals surface area contributed by atoms with Crippen LogP contribution in [0.4, 0.5) is 0 Å². The minimum Gasteiger partial charge on any atom is -0.302 e. The van der Waals surface area contributed by atoms with Crippen LogP contribution >= 0.6 is 0 Å². The van der Waals surface area contributed by atoms with Crippen molar-refractivity contribution in [1.29, 1.82) is 5.26 Å². The molecule has 0 aromatic carbocycles. The van der Waals surface area contributed by atoms with Crippen molar-refractivity contribution >= 4 is 0 Å². The highest BCUT2D eigenvalue weighted by molar-refractivity contribution is 5.11. The van der Waals surface area contributed by atoms with Gasteiger partial charge in [0, 0.05) is 31.2 Å². The highest BCUT2D eigenvalue weighted by Crippen LogP contribution is 2.34. The fourth-order valence-corrected chi connectivity index (χ4v) is 4.63. The summed E-state index contributed by atoms with van der Waals surface area (Å²) in [5.74, 6) is 0. The van der Waals surface area contributed by atoms with Crippen LogP contribution in [0.25, 0.3) is 0 Å². The molecular formula is C16H28N4. The summed E-state index contributed by atoms with van der Waals surface area (Å²) in [5, 5.41) is 12.8. The summed E-state index contributed by atoms with van der Waals surface area (Å²) >= 11 is 0. The Labute approximate surface area is 123 Å². The number of hydrogen-bond acceptors (Lipinski definition) is 4. The van der Waals surface area contributed by atoms with Crippen LogP contribution in [0.1, 0.15) is 45.4 Å². The third-order valence-electron chi connectivity index (χ3n) is 5.87. The Hall–Kier alpha value is -0.630. The van der Waals surface area contributed by atoms with Gasteiger partial charge in [0.2, 0.25) is 0 Å². The normalized spacial score (nSPS) is 43.1. The number of rotatable bonds is 2. The van der Waals surface area contributed by atoms with E-state index in [0.717, 1.165) is 18.9 Å². The molecule has 0 aromatic heterocycles. The number of fused-ring (bicyclic) bond motifs is 1. The Bertz CT molecular complexity index is 390. The smallest absolute Gasteiger partial charge is 0.108 e. The molecule has 2 aliphatic heterocycles. The van der Waals surface area contributed by atoms with Crippen molar-refractivity contribution in [3.05, 3.63) is 0 Å². The first kappa shape index (κ1) is 14.3. The fraction of sp³-hybridized carbons (Fsp3) is 0.938. The molecule has 1 N–H and O–H groups in total. The first-order valence-electron chi connectivity index (χ1n) is 8.27. The molecular weight excluding hydrogens is 248 g/mol. The lowest BCUT2D eigenvalue weighted by molar-refractivity contribution is 0.00687. The SMILES string of the molecule is CNC1(C#N)CCCC(N2CC3CCCN3CC2C)C1. The molecule has 4 nitrogen and oxygen atoms in total. The maximum atomic E-state index is 9.53. The summed E-state index contributed by atoms with van der Waals surface area (Å²) in [5.41, 5.74) is -0.282. The Kier molecular flexibility index (Phi) is 4.03. The number of nitriles is 1. The van der Waals surface area contributed by atoms with E-state index in [1.165, 1.54) is 45.3 Å². The van der Waals surface area contributed by atoms with Gasteiger partial charge in [-0.3, -0.25) is 9.80 Å². The van der Waals surface area contributed by atoms with E-state index in [0.29, 0.717) is 12.1 Å². The van der Waals surface area contributed by atoms with Gasteiger partial charge in [0.15, 0.2) is 0 Å². The van der Waals surface area contributed by atoms with Crippen molar-refractivity contribution in [3.8, 4) is 6.07 Å². The third-order valence-corrected chi connectivity index (χ3v) is 5.87. The molecule has 20 heavy (non-hydrogen) atoms. The molecule has 0 radical (unpaired) electrons. The highest BCUT2D eigenvalue weighted by atomic mass is 15.3. The van der Waals surface area contributed by atoms with Gasteiger partial charge in [-0.05, 0) is 59.0 Å². The molecule has 3 fully saturated rings. The van der Waals surface area contributed by atoms with Gasteiger partial charge in [0.25, 0.3) is 0 Å². The lowest BCUT2D eigenvalue weighted by Crippen LogP contribution is -2.61. The minimum absolute atomic E-state index is 0.282. The number of nitrogens with zero attached hydrogens (tertiary/aromatic N) is 3. The third kappa shape index (κ3) is 2.47. The van der Waals surface area contributed by atoms with Crippen LogP contribution in [0, 0.1) is 11.3 Å². The van der Waals surface area contributed by atoms with Crippen molar-refractivity contribution < 1.29 is 0 Å². The monoisotopic (exact) mass is 276 g/mol. The van der Waals surface area contributed by atoms with E-state index in [2.05, 4.69) is 28.1 Å². The fourth-order valence-electron chi connectivity index (χ4n) is 4.63. The van der Waals surface area contributed by atoms with Crippen LogP contribution < -0.4 is 5.32 Å². The summed E-state index contributed by atoms with van der Waals surface area (Å²) in [4.78, 5) is 5.40. The molecule has 4 heteroatoms. The molecule has 2 saturated heterocycles. The van der Waals surface area contributed by atoms with Crippen LogP contribution in [0.3, 0.4) is 0 Å². The van der Waals surface area contributed by atoms with Gasteiger partial charge in [-0.1, -0.05) is 0 Å². The van der Waals surface area contributed by atoms with Gasteiger partial charge >= 0.3 is 0 Å². The van der Waals surface area contributed by atoms with E-state index in [9.17, 15) is 5.26 Å². The number of piperazine rings is 1. The molecule has 4 unspecified atom stereocenters. The summed E-state index contributed by atoms with van der Waals surface area (Å²) in [6, 6.07) is 4.56. The predicted octanol–water partition coefficient (Wildman–Crippen LogP) is 1.58. The van der Waals surface area contributed by atoms with Crippen LogP contribution in [0.15, 0.2) is 0 Å². The van der Waals surface area contributed by atoms with E-state index in [-0.39, 0.29) is 5.54 Å². The van der Waals surface area contributed by atoms with Gasteiger partial charge in [0.05, 0.1) is 6.07 Å². The van der Waals surface area contributed by atoms with Crippen molar-refractivity contribution in [2.75, 3.05) is 26.7 Å². The van der Waals surface area contributed by atoms with E-state index in [1.54, 1.807) is 0 Å². The second-order valence-electron chi connectivity index (χ2n) is 7.03.